The van der Waals surface area contributed by atoms with E-state index in [2.05, 4.69) is 36.4 Å². The quantitative estimate of drug-likeness (QED) is 0.237. The zero-order valence-corrected chi connectivity index (χ0v) is 22.3. The largest absolute Gasteiger partial charge is 0.470 e. The Hall–Kier alpha value is -4.22. The number of aromatic nitrogens is 5. The Morgan fingerprint density at radius 3 is 2.82 bits per heavy atom. The molecule has 3 heterocycles. The predicted molar refractivity (Wildman–Crippen MR) is 144 cm³/mol. The number of nitrogens with zero attached hydrogens (tertiary/aromatic N) is 5. The van der Waals surface area contributed by atoms with Gasteiger partial charge in [0.15, 0.2) is 18.1 Å². The lowest BCUT2D eigenvalue weighted by molar-refractivity contribution is 0.0528. The summed E-state index contributed by atoms with van der Waals surface area (Å²) in [5, 5.41) is 12.1. The van der Waals surface area contributed by atoms with Crippen molar-refractivity contribution in [2.24, 2.45) is 0 Å². The van der Waals surface area contributed by atoms with E-state index >= 15 is 0 Å². The van der Waals surface area contributed by atoms with Crippen LogP contribution in [0.5, 0.6) is 5.75 Å². The number of nitrogens with one attached hydrogen (secondary N) is 1. The molecule has 12 heteroatoms. The number of ether oxygens (including phenoxy) is 2. The third-order valence-corrected chi connectivity index (χ3v) is 6.29. The van der Waals surface area contributed by atoms with Crippen molar-refractivity contribution in [2.75, 3.05) is 11.9 Å². The number of amides is 1. The smallest absolute Gasteiger partial charge is 0.343 e. The second-order valence-electron chi connectivity index (χ2n) is 7.97. The van der Waals surface area contributed by atoms with Crippen LogP contribution in [-0.4, -0.2) is 42.9 Å². The van der Waals surface area contributed by atoms with Gasteiger partial charge in [-0.25, -0.2) is 19.0 Å². The molecule has 1 amide bonds. The van der Waals surface area contributed by atoms with E-state index in [1.807, 2.05) is 12.1 Å². The SMILES string of the molecule is CCOC(=O)c1cnn2c(-c3cccc(NC(=O)c4ccn(COc5ccc(Cl)cc5Br)n4)c3)ccnc12. The monoisotopic (exact) mass is 594 g/mol. The van der Waals surface area contributed by atoms with Gasteiger partial charge >= 0.3 is 5.97 Å². The van der Waals surface area contributed by atoms with Crippen LogP contribution in [0.1, 0.15) is 27.8 Å². The second-order valence-corrected chi connectivity index (χ2v) is 9.26. The van der Waals surface area contributed by atoms with Crippen LogP contribution in [0.15, 0.2) is 77.7 Å². The van der Waals surface area contributed by atoms with Crippen LogP contribution < -0.4 is 10.1 Å². The summed E-state index contributed by atoms with van der Waals surface area (Å²) in [5.41, 5.74) is 2.91. The Bertz CT molecular complexity index is 1650. The average molecular weight is 596 g/mol. The maximum atomic E-state index is 12.9. The molecule has 0 unspecified atom stereocenters. The molecule has 0 atom stereocenters. The minimum absolute atomic E-state index is 0.110. The highest BCUT2D eigenvalue weighted by atomic mass is 79.9. The fourth-order valence-corrected chi connectivity index (χ4v) is 4.49. The molecule has 38 heavy (non-hydrogen) atoms. The summed E-state index contributed by atoms with van der Waals surface area (Å²) in [7, 11) is 0. The van der Waals surface area contributed by atoms with Gasteiger partial charge in [-0.05, 0) is 65.3 Å². The fraction of sp³-hybridized carbons (Fsp3) is 0.115. The molecule has 0 aliphatic heterocycles. The lowest BCUT2D eigenvalue weighted by atomic mass is 10.1. The van der Waals surface area contributed by atoms with Crippen molar-refractivity contribution in [2.45, 2.75) is 13.7 Å². The van der Waals surface area contributed by atoms with Crippen LogP contribution in [0, 0.1) is 0 Å². The number of anilines is 1. The van der Waals surface area contributed by atoms with Gasteiger partial charge in [0.25, 0.3) is 5.91 Å². The second kappa shape index (κ2) is 11.0. The number of hydrogen-bond acceptors (Lipinski definition) is 7. The first-order valence-corrected chi connectivity index (χ1v) is 12.6. The third kappa shape index (κ3) is 5.38. The maximum absolute atomic E-state index is 12.9. The number of halogens is 2. The Morgan fingerprint density at radius 2 is 2.00 bits per heavy atom. The molecule has 2 aromatic carbocycles. The first-order chi connectivity index (χ1) is 18.4. The summed E-state index contributed by atoms with van der Waals surface area (Å²) >= 11 is 9.36. The van der Waals surface area contributed by atoms with Gasteiger partial charge in [-0.3, -0.25) is 4.79 Å². The highest BCUT2D eigenvalue weighted by Crippen LogP contribution is 2.28. The number of esters is 1. The molecule has 5 rings (SSSR count). The molecule has 0 fully saturated rings. The van der Waals surface area contributed by atoms with E-state index in [-0.39, 0.29) is 30.5 Å². The molecule has 0 saturated carbocycles. The number of benzene rings is 2. The van der Waals surface area contributed by atoms with Gasteiger partial charge in [-0.2, -0.15) is 10.2 Å². The summed E-state index contributed by atoms with van der Waals surface area (Å²) in [5.74, 6) is -0.263. The van der Waals surface area contributed by atoms with E-state index in [9.17, 15) is 9.59 Å². The zero-order valence-electron chi connectivity index (χ0n) is 20.0. The molecule has 0 spiro atoms. The number of carbonyl (C=O) groups is 2. The molecule has 1 N–H and O–H groups in total. The van der Waals surface area contributed by atoms with Crippen molar-refractivity contribution in [3.05, 3.63) is 93.9 Å². The van der Waals surface area contributed by atoms with Crippen molar-refractivity contribution in [3.63, 3.8) is 0 Å². The van der Waals surface area contributed by atoms with E-state index in [4.69, 9.17) is 21.1 Å². The first-order valence-electron chi connectivity index (χ1n) is 11.5. The highest BCUT2D eigenvalue weighted by molar-refractivity contribution is 9.10. The van der Waals surface area contributed by atoms with Gasteiger partial charge in [0.2, 0.25) is 0 Å². The van der Waals surface area contributed by atoms with Crippen molar-refractivity contribution in [1.29, 1.82) is 0 Å². The molecule has 0 saturated heterocycles. The number of hydrogen-bond donors (Lipinski definition) is 1. The molecule has 0 bridgehead atoms. The van der Waals surface area contributed by atoms with Gasteiger partial charge < -0.3 is 14.8 Å². The van der Waals surface area contributed by atoms with E-state index in [0.29, 0.717) is 32.3 Å². The van der Waals surface area contributed by atoms with E-state index in [0.717, 1.165) is 5.56 Å². The average Bonchev–Trinajstić information content (AvgIpc) is 3.56. The third-order valence-electron chi connectivity index (χ3n) is 5.43. The summed E-state index contributed by atoms with van der Waals surface area (Å²) in [4.78, 5) is 29.4. The molecule has 0 aliphatic rings. The van der Waals surface area contributed by atoms with Gasteiger partial charge in [-0.15, -0.1) is 0 Å². The van der Waals surface area contributed by atoms with Crippen LogP contribution in [0.3, 0.4) is 0 Å². The summed E-state index contributed by atoms with van der Waals surface area (Å²) in [6, 6.07) is 15.8. The van der Waals surface area contributed by atoms with Gasteiger partial charge in [-0.1, -0.05) is 23.7 Å². The predicted octanol–water partition coefficient (Wildman–Crippen LogP) is 5.47. The number of carbonyl (C=O) groups excluding carboxylic acids is 2. The van der Waals surface area contributed by atoms with E-state index < -0.39 is 5.97 Å². The number of rotatable bonds is 8. The van der Waals surface area contributed by atoms with Gasteiger partial charge in [0, 0.05) is 28.7 Å². The van der Waals surface area contributed by atoms with Crippen molar-refractivity contribution < 1.29 is 19.1 Å². The van der Waals surface area contributed by atoms with Gasteiger partial charge in [0.1, 0.15) is 11.3 Å². The van der Waals surface area contributed by atoms with Crippen molar-refractivity contribution in [1.82, 2.24) is 24.4 Å². The van der Waals surface area contributed by atoms with Crippen molar-refractivity contribution in [3.8, 4) is 17.0 Å². The normalized spacial score (nSPS) is 10.9. The highest BCUT2D eigenvalue weighted by Gasteiger charge is 2.17. The lowest BCUT2D eigenvalue weighted by Crippen LogP contribution is -2.14. The Balaban J connectivity index is 1.30. The molecule has 3 aromatic heterocycles. The Kier molecular flexibility index (Phi) is 7.38. The standard InChI is InChI=1S/C26H20BrClN6O4/c1-2-37-26(36)19-14-30-34-22(8-10-29-24(19)34)16-4-3-5-18(12-16)31-25(35)21-9-11-33(32-21)15-38-23-7-6-17(28)13-20(23)27/h3-14H,2,15H2,1H3,(H,31,35). The zero-order chi connectivity index (χ0) is 26.6. The minimum Gasteiger partial charge on any atom is -0.470 e. The van der Waals surface area contributed by atoms with E-state index in [1.54, 1.807) is 66.3 Å². The van der Waals surface area contributed by atoms with Crippen molar-refractivity contribution >= 4 is 50.7 Å². The van der Waals surface area contributed by atoms with Crippen LogP contribution in [0.4, 0.5) is 5.69 Å². The molecular formula is C26H20BrClN6O4. The van der Waals surface area contributed by atoms with Crippen LogP contribution in [0.2, 0.25) is 5.02 Å². The minimum atomic E-state index is -0.487. The molecule has 0 aliphatic carbocycles. The number of fused-ring (bicyclic) bond motifs is 1. The Labute approximate surface area is 230 Å². The summed E-state index contributed by atoms with van der Waals surface area (Å²) in [6.45, 7) is 2.10. The van der Waals surface area contributed by atoms with Crippen LogP contribution >= 0.6 is 27.5 Å². The summed E-state index contributed by atoms with van der Waals surface area (Å²) in [6.07, 6.45) is 4.68. The Morgan fingerprint density at radius 1 is 1.13 bits per heavy atom. The lowest BCUT2D eigenvalue weighted by Gasteiger charge is -2.09. The molecule has 192 valence electrons. The maximum Gasteiger partial charge on any atom is 0.343 e. The fourth-order valence-electron chi connectivity index (χ4n) is 3.70. The molecule has 0 radical (unpaired) electrons. The van der Waals surface area contributed by atoms with Gasteiger partial charge in [0.05, 0.1) is 23.0 Å². The topological polar surface area (TPSA) is 113 Å². The van der Waals surface area contributed by atoms with Crippen LogP contribution in [-0.2, 0) is 11.5 Å². The van der Waals surface area contributed by atoms with E-state index in [1.165, 1.54) is 10.9 Å². The molecular weight excluding hydrogens is 576 g/mol. The van der Waals surface area contributed by atoms with Crippen LogP contribution in [0.25, 0.3) is 16.9 Å². The molecule has 10 nitrogen and oxygen atoms in total. The molecule has 5 aromatic rings. The summed E-state index contributed by atoms with van der Waals surface area (Å²) < 4.78 is 14.6. The first kappa shape index (κ1) is 25.4.